The second-order valence-corrected chi connectivity index (χ2v) is 8.21. The van der Waals surface area contributed by atoms with E-state index in [0.717, 1.165) is 32.1 Å². The van der Waals surface area contributed by atoms with Gasteiger partial charge in [0.05, 0.1) is 11.5 Å². The standard InChI is InChI=1S/C20H30BN3O5/c22-9-8-16(23)13-6-4-12(5-7-13)10-18(25)24-17-11-14-2-1-3-15(20(26)27)19(14)29-21(17)28/h1-3,12-13,16-17,28H,4-11,22-23H2,(H,24,25)(H,26,27)/t12?,13?,16-,17+/m1/s1. The van der Waals surface area contributed by atoms with Gasteiger partial charge in [0.1, 0.15) is 5.75 Å². The van der Waals surface area contributed by atoms with Crippen LogP contribution in [0.2, 0.25) is 0 Å². The molecule has 0 spiro atoms. The molecule has 1 aromatic carbocycles. The summed E-state index contributed by atoms with van der Waals surface area (Å²) in [5, 5.41) is 22.4. The van der Waals surface area contributed by atoms with Crippen LogP contribution in [0.25, 0.3) is 0 Å². The second kappa shape index (κ2) is 9.60. The average Bonchev–Trinajstić information content (AvgIpc) is 2.68. The van der Waals surface area contributed by atoms with Gasteiger partial charge in [0, 0.05) is 12.5 Å². The highest BCUT2D eigenvalue weighted by atomic mass is 16.5. The molecule has 3 rings (SSSR count). The Morgan fingerprint density at radius 3 is 2.66 bits per heavy atom. The van der Waals surface area contributed by atoms with E-state index < -0.39 is 19.0 Å². The Morgan fingerprint density at radius 2 is 2.00 bits per heavy atom. The van der Waals surface area contributed by atoms with Crippen molar-refractivity contribution in [3.8, 4) is 5.75 Å². The Balaban J connectivity index is 1.52. The van der Waals surface area contributed by atoms with Crippen LogP contribution in [0.15, 0.2) is 18.2 Å². The third-order valence-electron chi connectivity index (χ3n) is 6.17. The predicted octanol–water partition coefficient (Wildman–Crippen LogP) is 0.697. The molecule has 29 heavy (non-hydrogen) atoms. The van der Waals surface area contributed by atoms with Gasteiger partial charge in [0.2, 0.25) is 5.91 Å². The summed E-state index contributed by atoms with van der Waals surface area (Å²) in [7, 11) is -1.28. The van der Waals surface area contributed by atoms with Gasteiger partial charge in [-0.3, -0.25) is 4.79 Å². The number of carbonyl (C=O) groups is 2. The Morgan fingerprint density at radius 1 is 1.28 bits per heavy atom. The summed E-state index contributed by atoms with van der Waals surface area (Å²) < 4.78 is 5.43. The molecule has 0 bridgehead atoms. The molecule has 0 saturated heterocycles. The second-order valence-electron chi connectivity index (χ2n) is 8.21. The first kappa shape index (κ1) is 21.6. The lowest BCUT2D eigenvalue weighted by Crippen LogP contribution is -2.53. The first-order chi connectivity index (χ1) is 13.9. The average molecular weight is 403 g/mol. The summed E-state index contributed by atoms with van der Waals surface area (Å²) >= 11 is 0. The van der Waals surface area contributed by atoms with E-state index in [9.17, 15) is 19.7 Å². The number of aromatic carboxylic acids is 1. The topological polar surface area (TPSA) is 148 Å². The van der Waals surface area contributed by atoms with Crippen molar-refractivity contribution in [2.75, 3.05) is 6.54 Å². The SMILES string of the molecule is NCC[C@@H](N)C1CCC(CC(=O)N[C@H]2Cc3cccc(C(=O)O)c3OB2O)CC1. The van der Waals surface area contributed by atoms with E-state index in [-0.39, 0.29) is 23.3 Å². The minimum Gasteiger partial charge on any atom is -0.534 e. The van der Waals surface area contributed by atoms with Crippen LogP contribution in [0.1, 0.15) is 54.4 Å². The molecule has 1 amide bonds. The van der Waals surface area contributed by atoms with Crippen molar-refractivity contribution in [1.82, 2.24) is 5.32 Å². The van der Waals surface area contributed by atoms with Crippen LogP contribution in [0.4, 0.5) is 0 Å². The maximum absolute atomic E-state index is 12.5. The molecule has 1 saturated carbocycles. The normalized spacial score (nSPS) is 24.9. The number of carboxylic acids is 1. The maximum Gasteiger partial charge on any atom is 0.547 e. The van der Waals surface area contributed by atoms with E-state index in [4.69, 9.17) is 16.1 Å². The number of nitrogens with one attached hydrogen (secondary N) is 1. The van der Waals surface area contributed by atoms with Crippen molar-refractivity contribution in [2.45, 2.75) is 56.9 Å². The summed E-state index contributed by atoms with van der Waals surface area (Å²) in [5.41, 5.74) is 12.4. The Kier molecular flexibility index (Phi) is 7.16. The smallest absolute Gasteiger partial charge is 0.534 e. The molecule has 1 fully saturated rings. The van der Waals surface area contributed by atoms with Gasteiger partial charge in [-0.2, -0.15) is 0 Å². The third kappa shape index (κ3) is 5.29. The van der Waals surface area contributed by atoms with Crippen LogP contribution >= 0.6 is 0 Å². The molecule has 0 unspecified atom stereocenters. The van der Waals surface area contributed by atoms with Gasteiger partial charge in [-0.15, -0.1) is 0 Å². The first-order valence-electron chi connectivity index (χ1n) is 10.3. The van der Waals surface area contributed by atoms with Crippen molar-refractivity contribution in [1.29, 1.82) is 0 Å². The number of carbonyl (C=O) groups excluding carboxylic acids is 1. The molecule has 8 nitrogen and oxygen atoms in total. The molecule has 9 heteroatoms. The number of carboxylic acid groups (broad SMARTS) is 1. The molecule has 0 radical (unpaired) electrons. The summed E-state index contributed by atoms with van der Waals surface area (Å²) in [5.74, 6) is -0.878. The Bertz CT molecular complexity index is 739. The van der Waals surface area contributed by atoms with Gasteiger partial charge >= 0.3 is 13.1 Å². The van der Waals surface area contributed by atoms with Crippen LogP contribution in [-0.4, -0.2) is 47.7 Å². The molecule has 1 aliphatic heterocycles. The highest BCUT2D eigenvalue weighted by molar-refractivity contribution is 6.47. The number of fused-ring (bicyclic) bond motifs is 1. The number of amides is 1. The number of nitrogens with two attached hydrogens (primary N) is 2. The number of hydrogen-bond donors (Lipinski definition) is 5. The molecule has 1 heterocycles. The van der Waals surface area contributed by atoms with Gasteiger partial charge in [-0.25, -0.2) is 4.79 Å². The molecule has 2 atom stereocenters. The van der Waals surface area contributed by atoms with Crippen molar-refractivity contribution < 1.29 is 24.4 Å². The van der Waals surface area contributed by atoms with Crippen LogP contribution < -0.4 is 21.4 Å². The zero-order valence-corrected chi connectivity index (χ0v) is 16.5. The van der Waals surface area contributed by atoms with Gasteiger partial charge in [-0.05, 0) is 68.5 Å². The predicted molar refractivity (Wildman–Crippen MR) is 109 cm³/mol. The lowest BCUT2D eigenvalue weighted by Gasteiger charge is -2.32. The summed E-state index contributed by atoms with van der Waals surface area (Å²) in [6.45, 7) is 0.604. The minimum atomic E-state index is -1.28. The number of hydrogen-bond acceptors (Lipinski definition) is 6. The summed E-state index contributed by atoms with van der Waals surface area (Å²) in [6, 6.07) is 4.96. The molecular formula is C20H30BN3O5. The van der Waals surface area contributed by atoms with Crippen LogP contribution in [0.5, 0.6) is 5.75 Å². The van der Waals surface area contributed by atoms with Gasteiger partial charge < -0.3 is 31.6 Å². The Hall–Kier alpha value is -2.10. The molecular weight excluding hydrogens is 373 g/mol. The summed E-state index contributed by atoms with van der Waals surface area (Å²) in [4.78, 5) is 23.8. The highest BCUT2D eigenvalue weighted by Crippen LogP contribution is 2.33. The fourth-order valence-corrected chi connectivity index (χ4v) is 4.49. The van der Waals surface area contributed by atoms with E-state index in [2.05, 4.69) is 5.32 Å². The van der Waals surface area contributed by atoms with Crippen molar-refractivity contribution in [3.63, 3.8) is 0 Å². The van der Waals surface area contributed by atoms with Gasteiger partial charge in [0.15, 0.2) is 0 Å². The maximum atomic E-state index is 12.5. The van der Waals surface area contributed by atoms with E-state index in [1.807, 2.05) is 0 Å². The zero-order valence-electron chi connectivity index (χ0n) is 16.5. The molecule has 158 valence electrons. The van der Waals surface area contributed by atoms with Gasteiger partial charge in [0.25, 0.3) is 0 Å². The molecule has 7 N–H and O–H groups in total. The molecule has 1 aliphatic carbocycles. The number of rotatable bonds is 7. The number of para-hydroxylation sites is 1. The van der Waals surface area contributed by atoms with Crippen LogP contribution in [-0.2, 0) is 11.2 Å². The van der Waals surface area contributed by atoms with E-state index in [1.54, 1.807) is 12.1 Å². The minimum absolute atomic E-state index is 0.0101. The van der Waals surface area contributed by atoms with Crippen LogP contribution in [0.3, 0.4) is 0 Å². The first-order valence-corrected chi connectivity index (χ1v) is 10.3. The summed E-state index contributed by atoms with van der Waals surface area (Å²) in [6.07, 6.45) is 5.52. The third-order valence-corrected chi connectivity index (χ3v) is 6.17. The lowest BCUT2D eigenvalue weighted by atomic mass is 9.72. The van der Waals surface area contributed by atoms with Crippen LogP contribution in [0, 0.1) is 11.8 Å². The highest BCUT2D eigenvalue weighted by Gasteiger charge is 2.38. The molecule has 1 aromatic rings. The van der Waals surface area contributed by atoms with E-state index >= 15 is 0 Å². The van der Waals surface area contributed by atoms with Crippen molar-refractivity contribution in [3.05, 3.63) is 29.3 Å². The van der Waals surface area contributed by atoms with Crippen molar-refractivity contribution >= 4 is 19.0 Å². The van der Waals surface area contributed by atoms with Crippen molar-refractivity contribution in [2.24, 2.45) is 23.3 Å². The van der Waals surface area contributed by atoms with Gasteiger partial charge in [-0.1, -0.05) is 12.1 Å². The fraction of sp³-hybridized carbons (Fsp3) is 0.600. The largest absolute Gasteiger partial charge is 0.547 e. The fourth-order valence-electron chi connectivity index (χ4n) is 4.49. The number of benzene rings is 1. The quantitative estimate of drug-likeness (QED) is 0.421. The molecule has 0 aromatic heterocycles. The molecule has 2 aliphatic rings. The Labute approximate surface area is 171 Å². The zero-order chi connectivity index (χ0) is 21.0. The monoisotopic (exact) mass is 403 g/mol. The van der Waals surface area contributed by atoms with E-state index in [0.29, 0.717) is 36.8 Å². The van der Waals surface area contributed by atoms with E-state index in [1.165, 1.54) is 6.07 Å². The lowest BCUT2D eigenvalue weighted by molar-refractivity contribution is -0.122.